The van der Waals surface area contributed by atoms with E-state index in [1.165, 1.54) is 0 Å². The van der Waals surface area contributed by atoms with Crippen molar-refractivity contribution in [1.29, 1.82) is 0 Å². The molecule has 0 radical (unpaired) electrons. The first-order chi connectivity index (χ1) is 9.03. The van der Waals surface area contributed by atoms with Gasteiger partial charge in [-0.05, 0) is 37.2 Å². The molecule has 6 heteroatoms. The molecular weight excluding hydrogens is 264 g/mol. The number of nitrogens with one attached hydrogen (secondary N) is 1. The molecule has 0 aliphatic rings. The zero-order valence-corrected chi connectivity index (χ0v) is 12.2. The van der Waals surface area contributed by atoms with Crippen LogP contribution in [0.15, 0.2) is 29.2 Å². The van der Waals surface area contributed by atoms with E-state index in [4.69, 9.17) is 10.5 Å². The van der Waals surface area contributed by atoms with E-state index in [0.717, 1.165) is 12.1 Å². The number of benzene rings is 1. The molecule has 0 spiro atoms. The molecular formula is C13H22N2O3S. The molecule has 1 aromatic carbocycles. The third-order valence-electron chi connectivity index (χ3n) is 2.85. The SMILES string of the molecule is CCS(=O)(=O)c1ccc(NC(CCN)COC)cc1. The Morgan fingerprint density at radius 3 is 2.42 bits per heavy atom. The number of ether oxygens (including phenoxy) is 1. The predicted octanol–water partition coefficient (Wildman–Crippen LogP) is 1.26. The average molecular weight is 286 g/mol. The molecule has 1 atom stereocenters. The molecule has 1 aromatic rings. The van der Waals surface area contributed by atoms with Crippen LogP contribution in [-0.2, 0) is 14.6 Å². The molecule has 0 aliphatic carbocycles. The van der Waals surface area contributed by atoms with Gasteiger partial charge in [0.15, 0.2) is 9.84 Å². The van der Waals surface area contributed by atoms with Crippen LogP contribution in [0.25, 0.3) is 0 Å². The van der Waals surface area contributed by atoms with Crippen molar-refractivity contribution in [3.8, 4) is 0 Å². The maximum Gasteiger partial charge on any atom is 0.178 e. The van der Waals surface area contributed by atoms with Crippen LogP contribution in [0, 0.1) is 0 Å². The summed E-state index contributed by atoms with van der Waals surface area (Å²) in [6, 6.07) is 6.90. The van der Waals surface area contributed by atoms with E-state index in [2.05, 4.69) is 5.32 Å². The first-order valence-corrected chi connectivity index (χ1v) is 7.97. The van der Waals surface area contributed by atoms with Gasteiger partial charge in [0.2, 0.25) is 0 Å². The van der Waals surface area contributed by atoms with Gasteiger partial charge in [-0.3, -0.25) is 0 Å². The number of nitrogens with two attached hydrogens (primary N) is 1. The smallest absolute Gasteiger partial charge is 0.178 e. The summed E-state index contributed by atoms with van der Waals surface area (Å²) in [5.41, 5.74) is 6.40. The van der Waals surface area contributed by atoms with Gasteiger partial charge in [-0.2, -0.15) is 0 Å². The van der Waals surface area contributed by atoms with E-state index in [9.17, 15) is 8.42 Å². The van der Waals surface area contributed by atoms with E-state index in [1.807, 2.05) is 0 Å². The molecule has 1 unspecified atom stereocenters. The average Bonchev–Trinajstić information content (AvgIpc) is 2.40. The second-order valence-electron chi connectivity index (χ2n) is 4.30. The van der Waals surface area contributed by atoms with Crippen molar-refractivity contribution in [2.24, 2.45) is 5.73 Å². The molecule has 0 bridgehead atoms. The monoisotopic (exact) mass is 286 g/mol. The van der Waals surface area contributed by atoms with Crippen molar-refractivity contribution >= 4 is 15.5 Å². The van der Waals surface area contributed by atoms with Crippen molar-refractivity contribution in [3.05, 3.63) is 24.3 Å². The maximum absolute atomic E-state index is 11.7. The van der Waals surface area contributed by atoms with Gasteiger partial charge in [-0.1, -0.05) is 6.92 Å². The summed E-state index contributed by atoms with van der Waals surface area (Å²) in [5.74, 6) is 0.110. The van der Waals surface area contributed by atoms with Crippen molar-refractivity contribution in [1.82, 2.24) is 0 Å². The van der Waals surface area contributed by atoms with Gasteiger partial charge < -0.3 is 15.8 Å². The van der Waals surface area contributed by atoms with Crippen molar-refractivity contribution < 1.29 is 13.2 Å². The van der Waals surface area contributed by atoms with Crippen LogP contribution in [0.5, 0.6) is 0 Å². The topological polar surface area (TPSA) is 81.4 Å². The Morgan fingerprint density at radius 1 is 1.32 bits per heavy atom. The molecule has 1 rings (SSSR count). The van der Waals surface area contributed by atoms with Crippen LogP contribution in [0.1, 0.15) is 13.3 Å². The van der Waals surface area contributed by atoms with Crippen molar-refractivity contribution in [2.45, 2.75) is 24.3 Å². The number of methoxy groups -OCH3 is 1. The van der Waals surface area contributed by atoms with Gasteiger partial charge >= 0.3 is 0 Å². The summed E-state index contributed by atoms with van der Waals surface area (Å²) < 4.78 is 28.5. The Hall–Kier alpha value is -1.11. The van der Waals surface area contributed by atoms with Gasteiger partial charge in [0.1, 0.15) is 0 Å². The molecule has 0 aliphatic heterocycles. The molecule has 0 saturated heterocycles. The number of anilines is 1. The van der Waals surface area contributed by atoms with E-state index in [0.29, 0.717) is 18.0 Å². The van der Waals surface area contributed by atoms with E-state index in [-0.39, 0.29) is 11.8 Å². The first kappa shape index (κ1) is 15.9. The summed E-state index contributed by atoms with van der Waals surface area (Å²) in [5, 5.41) is 3.28. The van der Waals surface area contributed by atoms with E-state index in [1.54, 1.807) is 38.3 Å². The third-order valence-corrected chi connectivity index (χ3v) is 4.60. The summed E-state index contributed by atoms with van der Waals surface area (Å²) in [7, 11) is -1.50. The third kappa shape index (κ3) is 4.81. The highest BCUT2D eigenvalue weighted by Gasteiger charge is 2.12. The molecule has 0 fully saturated rings. The fourth-order valence-corrected chi connectivity index (χ4v) is 2.64. The van der Waals surface area contributed by atoms with Crippen LogP contribution in [0.2, 0.25) is 0 Å². The highest BCUT2D eigenvalue weighted by Crippen LogP contribution is 2.16. The zero-order valence-electron chi connectivity index (χ0n) is 11.4. The van der Waals surface area contributed by atoms with Crippen LogP contribution in [0.3, 0.4) is 0 Å². The lowest BCUT2D eigenvalue weighted by Gasteiger charge is -2.18. The van der Waals surface area contributed by atoms with Gasteiger partial charge in [0.05, 0.1) is 23.3 Å². The summed E-state index contributed by atoms with van der Waals surface area (Å²) in [6.45, 7) is 2.77. The van der Waals surface area contributed by atoms with Gasteiger partial charge in [0, 0.05) is 12.8 Å². The van der Waals surface area contributed by atoms with Gasteiger partial charge in [-0.25, -0.2) is 8.42 Å². The van der Waals surface area contributed by atoms with Crippen molar-refractivity contribution in [2.75, 3.05) is 31.3 Å². The Bertz CT molecular complexity index is 465. The largest absolute Gasteiger partial charge is 0.383 e. The molecule has 0 heterocycles. The lowest BCUT2D eigenvalue weighted by Crippen LogP contribution is -2.27. The quantitative estimate of drug-likeness (QED) is 0.752. The molecule has 19 heavy (non-hydrogen) atoms. The number of hydrogen-bond donors (Lipinski definition) is 2. The minimum atomic E-state index is -3.14. The van der Waals surface area contributed by atoms with Crippen LogP contribution < -0.4 is 11.1 Å². The minimum absolute atomic E-state index is 0.110. The molecule has 0 saturated carbocycles. The van der Waals surface area contributed by atoms with Gasteiger partial charge in [0.25, 0.3) is 0 Å². The summed E-state index contributed by atoms with van der Waals surface area (Å²) >= 11 is 0. The van der Waals surface area contributed by atoms with Crippen LogP contribution >= 0.6 is 0 Å². The Kier molecular flexibility index (Phi) is 6.27. The second-order valence-corrected chi connectivity index (χ2v) is 6.58. The maximum atomic E-state index is 11.7. The Labute approximate surface area is 115 Å². The van der Waals surface area contributed by atoms with E-state index >= 15 is 0 Å². The molecule has 108 valence electrons. The lowest BCUT2D eigenvalue weighted by atomic mass is 10.2. The van der Waals surface area contributed by atoms with E-state index < -0.39 is 9.84 Å². The summed E-state index contributed by atoms with van der Waals surface area (Å²) in [4.78, 5) is 0.350. The standard InChI is InChI=1S/C13H22N2O3S/c1-3-19(16,17)13-6-4-11(5-7-13)15-12(8-9-14)10-18-2/h4-7,12,15H,3,8-10,14H2,1-2H3. The van der Waals surface area contributed by atoms with Crippen LogP contribution in [0.4, 0.5) is 5.69 Å². The number of sulfone groups is 1. The lowest BCUT2D eigenvalue weighted by molar-refractivity contribution is 0.183. The first-order valence-electron chi connectivity index (χ1n) is 6.31. The fraction of sp³-hybridized carbons (Fsp3) is 0.538. The second kappa shape index (κ2) is 7.47. The number of hydrogen-bond acceptors (Lipinski definition) is 5. The van der Waals surface area contributed by atoms with Crippen LogP contribution in [-0.4, -0.2) is 40.5 Å². The molecule has 0 aromatic heterocycles. The summed E-state index contributed by atoms with van der Waals surface area (Å²) in [6.07, 6.45) is 0.794. The Balaban J connectivity index is 2.76. The highest BCUT2D eigenvalue weighted by atomic mass is 32.2. The Morgan fingerprint density at radius 2 is 1.95 bits per heavy atom. The molecule has 5 nitrogen and oxygen atoms in total. The van der Waals surface area contributed by atoms with Crippen molar-refractivity contribution in [3.63, 3.8) is 0 Å². The molecule has 3 N–H and O–H groups in total. The highest BCUT2D eigenvalue weighted by molar-refractivity contribution is 7.91. The predicted molar refractivity (Wildman–Crippen MR) is 77.1 cm³/mol. The number of rotatable bonds is 8. The zero-order chi connectivity index (χ0) is 14.3. The minimum Gasteiger partial charge on any atom is -0.383 e. The van der Waals surface area contributed by atoms with Gasteiger partial charge in [-0.15, -0.1) is 0 Å². The normalized spacial score (nSPS) is 13.2. The molecule has 0 amide bonds. The fourth-order valence-electron chi connectivity index (χ4n) is 1.76.